The Bertz CT molecular complexity index is 2270. The van der Waals surface area contributed by atoms with E-state index in [0.29, 0.717) is 57.1 Å². The van der Waals surface area contributed by atoms with Gasteiger partial charge in [0.05, 0.1) is 64.3 Å². The number of hydrogen-bond acceptors (Lipinski definition) is 18. The number of carbonyl (C=O) groups is 8. The van der Waals surface area contributed by atoms with Crippen molar-refractivity contribution in [3.05, 3.63) is 64.2 Å². The van der Waals surface area contributed by atoms with Gasteiger partial charge in [0.1, 0.15) is 30.9 Å². The van der Waals surface area contributed by atoms with Crippen LogP contribution in [0.15, 0.2) is 48.5 Å². The molecule has 0 saturated heterocycles. The number of ketones is 3. The van der Waals surface area contributed by atoms with Crippen molar-refractivity contribution in [2.45, 2.75) is 122 Å². The Kier molecular flexibility index (Phi) is 32.4. The third-order valence-electron chi connectivity index (χ3n) is 12.1. The standard InChI is InChI=1S/C55H77N5O18/c1-39(2)51(49(63)36-41(11-9-26-57-54(56)67)52(65)58-43-18-15-40(16-19-43)37-77-55(68)78-48-22-20-44(21-23-48)60(69)70)59-53(66)42(17-24-50(64)71-3)35-45(61)25-28-73-30-32-75-34-33-74-31-29-72-27-10-12-46(62)38-76-47-13-7-5-4-6-8-14-47/h15-16,18-23,39,41-42,47,51H,4-7,9-13,17,24-38H2,1-3H3,(H,58,65)(H,59,66)(H3,56,57,67)/t41-,42+,47?,51+/m1/s1. The molecule has 4 amide bonds. The molecule has 0 aliphatic heterocycles. The van der Waals surface area contributed by atoms with E-state index in [9.17, 15) is 48.5 Å². The van der Waals surface area contributed by atoms with E-state index in [-0.39, 0.29) is 114 Å². The van der Waals surface area contributed by atoms with Crippen molar-refractivity contribution in [2.75, 3.05) is 78.4 Å². The molecule has 0 fully saturated rings. The first kappa shape index (κ1) is 65.4. The molecule has 2 aromatic rings. The van der Waals surface area contributed by atoms with E-state index in [1.54, 1.807) is 38.1 Å². The summed E-state index contributed by atoms with van der Waals surface area (Å²) in [5, 5.41) is 18.9. The average molecular weight is 1100 g/mol. The van der Waals surface area contributed by atoms with Crippen molar-refractivity contribution >= 4 is 58.7 Å². The predicted molar refractivity (Wildman–Crippen MR) is 283 cm³/mol. The molecule has 23 heteroatoms. The number of anilines is 1. The lowest BCUT2D eigenvalue weighted by molar-refractivity contribution is -0.384. The summed E-state index contributed by atoms with van der Waals surface area (Å²) in [5.74, 6) is 1.44. The molecule has 1 aliphatic rings. The number of hydrogen-bond donors (Lipinski definition) is 4. The fraction of sp³-hybridized carbons (Fsp3) is 0.600. The zero-order valence-electron chi connectivity index (χ0n) is 45.1. The molecule has 0 aromatic heterocycles. The molecule has 0 spiro atoms. The van der Waals surface area contributed by atoms with E-state index in [0.717, 1.165) is 32.1 Å². The lowest BCUT2D eigenvalue weighted by atomic mass is 9.88. The van der Waals surface area contributed by atoms with Crippen LogP contribution >= 0.6 is 0 Å². The number of nitro benzene ring substituents is 1. The largest absolute Gasteiger partial charge is 0.514 e. The number of nitrogens with two attached hydrogens (primary N) is 1. The number of urea groups is 1. The topological polar surface area (TPSA) is 316 Å². The van der Waals surface area contributed by atoms with Gasteiger partial charge in [-0.15, -0.1) is 5.92 Å². The second-order valence-corrected chi connectivity index (χ2v) is 18.7. The van der Waals surface area contributed by atoms with Crippen molar-refractivity contribution in [3.63, 3.8) is 0 Å². The first-order valence-corrected chi connectivity index (χ1v) is 26.4. The van der Waals surface area contributed by atoms with Gasteiger partial charge in [-0.25, -0.2) is 9.59 Å². The van der Waals surface area contributed by atoms with Gasteiger partial charge in [0.2, 0.25) is 11.8 Å². The van der Waals surface area contributed by atoms with E-state index < -0.39 is 64.5 Å². The minimum absolute atomic E-state index is 0.0199. The number of Topliss-reactive ketones (excluding diaryl/α,β-unsaturated/α-hetero) is 3. The van der Waals surface area contributed by atoms with E-state index in [2.05, 4.69) is 27.8 Å². The summed E-state index contributed by atoms with van der Waals surface area (Å²) in [4.78, 5) is 113. The molecule has 430 valence electrons. The van der Waals surface area contributed by atoms with E-state index in [4.69, 9.17) is 43.6 Å². The Labute approximate surface area is 455 Å². The molecule has 0 heterocycles. The summed E-state index contributed by atoms with van der Waals surface area (Å²) in [6.07, 6.45) is 4.50. The summed E-state index contributed by atoms with van der Waals surface area (Å²) >= 11 is 0. The average Bonchev–Trinajstić information content (AvgIpc) is 3.40. The molecule has 0 radical (unpaired) electrons. The molecule has 4 atom stereocenters. The molecule has 2 aromatic carbocycles. The van der Waals surface area contributed by atoms with Gasteiger partial charge in [-0.1, -0.05) is 38.3 Å². The number of methoxy groups -OCH3 is 1. The molecule has 78 heavy (non-hydrogen) atoms. The smallest absolute Gasteiger partial charge is 0.469 e. The Morgan fingerprint density at radius 1 is 0.744 bits per heavy atom. The fourth-order valence-corrected chi connectivity index (χ4v) is 7.76. The number of ether oxygens (including phenoxy) is 8. The minimum Gasteiger partial charge on any atom is -0.469 e. The molecule has 1 aliphatic carbocycles. The maximum absolute atomic E-state index is 14.0. The number of carbonyl (C=O) groups excluding carboxylic acids is 8. The maximum atomic E-state index is 14.0. The molecule has 5 N–H and O–H groups in total. The number of esters is 1. The predicted octanol–water partition coefficient (Wildman–Crippen LogP) is 6.10. The van der Waals surface area contributed by atoms with Gasteiger partial charge in [-0.3, -0.25) is 38.9 Å². The van der Waals surface area contributed by atoms with Crippen LogP contribution in [-0.4, -0.2) is 138 Å². The van der Waals surface area contributed by atoms with Crippen LogP contribution in [0.5, 0.6) is 5.75 Å². The van der Waals surface area contributed by atoms with Gasteiger partial charge in [0, 0.05) is 81.3 Å². The number of nitrogens with zero attached hydrogens (tertiary/aromatic N) is 1. The number of benzene rings is 2. The second kappa shape index (κ2) is 38.7. The van der Waals surface area contributed by atoms with Crippen LogP contribution in [0.25, 0.3) is 0 Å². The molecule has 3 rings (SSSR count). The van der Waals surface area contributed by atoms with Crippen LogP contribution in [-0.2, 0) is 68.5 Å². The Morgan fingerprint density at radius 3 is 2.04 bits per heavy atom. The monoisotopic (exact) mass is 1100 g/mol. The molecule has 1 unspecified atom stereocenters. The maximum Gasteiger partial charge on any atom is 0.514 e. The lowest BCUT2D eigenvalue weighted by Crippen LogP contribution is -2.48. The Hall–Kier alpha value is -6.84. The zero-order chi connectivity index (χ0) is 56.9. The fourth-order valence-electron chi connectivity index (χ4n) is 7.76. The highest BCUT2D eigenvalue weighted by Gasteiger charge is 2.32. The van der Waals surface area contributed by atoms with E-state index >= 15 is 0 Å². The highest BCUT2D eigenvalue weighted by atomic mass is 16.7. The number of primary amides is 1. The van der Waals surface area contributed by atoms with Gasteiger partial charge in [0.25, 0.3) is 5.69 Å². The third kappa shape index (κ3) is 29.1. The molecular weight excluding hydrogens is 1020 g/mol. The van der Waals surface area contributed by atoms with E-state index in [1.165, 1.54) is 31.4 Å². The van der Waals surface area contributed by atoms with Gasteiger partial charge in [0.15, 0.2) is 11.6 Å². The quantitative estimate of drug-likeness (QED) is 0.0146. The lowest BCUT2D eigenvalue weighted by Gasteiger charge is -2.26. The van der Waals surface area contributed by atoms with Gasteiger partial charge >= 0.3 is 18.2 Å². The Morgan fingerprint density at radius 2 is 1.40 bits per heavy atom. The summed E-state index contributed by atoms with van der Waals surface area (Å²) < 4.78 is 42.8. The van der Waals surface area contributed by atoms with Crippen molar-refractivity contribution in [1.82, 2.24) is 10.6 Å². The van der Waals surface area contributed by atoms with Crippen LogP contribution in [0.4, 0.5) is 21.0 Å². The van der Waals surface area contributed by atoms with Gasteiger partial charge in [-0.05, 0) is 80.7 Å². The summed E-state index contributed by atoms with van der Waals surface area (Å²) in [7, 11) is 1.21. The SMILES string of the molecule is COC(=O)CC[C@@H](CC(=O)CCOCCOCCOCCOCCCC(=O)COC1C#CCCCCC1)C(=O)N[C@H](C(=O)C[C@@H](CCCNC(N)=O)C(=O)Nc1ccc(COC(=O)Oc2ccc([N+](=O)[O-])cc2)cc1)C(C)C. The Balaban J connectivity index is 1.40. The van der Waals surface area contributed by atoms with Crippen molar-refractivity contribution in [2.24, 2.45) is 23.5 Å². The van der Waals surface area contributed by atoms with Gasteiger partial charge in [-0.2, -0.15) is 0 Å². The minimum atomic E-state index is -1.07. The molecule has 23 nitrogen and oxygen atoms in total. The first-order valence-electron chi connectivity index (χ1n) is 26.4. The molecule has 0 saturated carbocycles. The number of nitro groups is 1. The highest BCUT2D eigenvalue weighted by molar-refractivity contribution is 5.98. The highest BCUT2D eigenvalue weighted by Crippen LogP contribution is 2.22. The molecular formula is C55H77N5O18. The van der Waals surface area contributed by atoms with Crippen LogP contribution in [0.2, 0.25) is 0 Å². The van der Waals surface area contributed by atoms with Crippen LogP contribution in [0, 0.1) is 39.7 Å². The number of non-ortho nitro benzene ring substituents is 1. The second-order valence-electron chi connectivity index (χ2n) is 18.7. The van der Waals surface area contributed by atoms with Crippen LogP contribution < -0.4 is 26.4 Å². The third-order valence-corrected chi connectivity index (χ3v) is 12.1. The summed E-state index contributed by atoms with van der Waals surface area (Å²) in [5.41, 5.74) is 5.92. The van der Waals surface area contributed by atoms with E-state index in [1.807, 2.05) is 0 Å². The van der Waals surface area contributed by atoms with Crippen molar-refractivity contribution in [3.8, 4) is 17.6 Å². The number of rotatable bonds is 40. The van der Waals surface area contributed by atoms with Crippen molar-refractivity contribution < 1.29 is 81.2 Å². The first-order chi connectivity index (χ1) is 37.5. The van der Waals surface area contributed by atoms with Crippen LogP contribution in [0.3, 0.4) is 0 Å². The normalized spacial score (nSPS) is 14.2. The number of nitrogens with one attached hydrogen (secondary N) is 3. The van der Waals surface area contributed by atoms with Crippen molar-refractivity contribution in [1.29, 1.82) is 0 Å². The summed E-state index contributed by atoms with van der Waals surface area (Å²) in [6.45, 7) is 5.78. The van der Waals surface area contributed by atoms with Gasteiger partial charge < -0.3 is 59.6 Å². The molecule has 0 bridgehead atoms. The van der Waals surface area contributed by atoms with Crippen LogP contribution in [0.1, 0.15) is 109 Å². The zero-order valence-corrected chi connectivity index (χ0v) is 45.1. The summed E-state index contributed by atoms with van der Waals surface area (Å²) in [6, 6.07) is 9.31. The number of amides is 4.